The van der Waals surface area contributed by atoms with Gasteiger partial charge in [-0.2, -0.15) is 0 Å². The average Bonchev–Trinajstić information content (AvgIpc) is 2.62. The summed E-state index contributed by atoms with van der Waals surface area (Å²) in [5.74, 6) is 0. The molecule has 1 heteroatoms. The molecule has 0 aromatic carbocycles. The van der Waals surface area contributed by atoms with Crippen molar-refractivity contribution in [2.75, 3.05) is 13.6 Å². The zero-order chi connectivity index (χ0) is 7.45. The Bertz CT molecular complexity index is 94.9. The molecule has 0 atom stereocenters. The van der Waals surface area contributed by atoms with Gasteiger partial charge in [0.25, 0.3) is 0 Å². The van der Waals surface area contributed by atoms with Crippen LogP contribution in [-0.4, -0.2) is 13.6 Å². The second-order valence-corrected chi connectivity index (χ2v) is 3.87. The van der Waals surface area contributed by atoms with E-state index >= 15 is 0 Å². The molecule has 0 saturated heterocycles. The van der Waals surface area contributed by atoms with Gasteiger partial charge in [0.1, 0.15) is 0 Å². The fourth-order valence-electron chi connectivity index (χ4n) is 1.32. The van der Waals surface area contributed by atoms with Crippen LogP contribution < -0.4 is 5.32 Å². The van der Waals surface area contributed by atoms with Gasteiger partial charge in [-0.1, -0.05) is 13.3 Å². The van der Waals surface area contributed by atoms with Crippen molar-refractivity contribution in [3.8, 4) is 0 Å². The van der Waals surface area contributed by atoms with Crippen molar-refractivity contribution in [2.24, 2.45) is 5.41 Å². The monoisotopic (exact) mass is 141 g/mol. The summed E-state index contributed by atoms with van der Waals surface area (Å²) < 4.78 is 0. The molecule has 1 aliphatic carbocycles. The van der Waals surface area contributed by atoms with E-state index in [-0.39, 0.29) is 0 Å². The first-order chi connectivity index (χ1) is 4.77. The van der Waals surface area contributed by atoms with Gasteiger partial charge in [0, 0.05) is 0 Å². The van der Waals surface area contributed by atoms with Crippen LogP contribution in [0.15, 0.2) is 0 Å². The Morgan fingerprint density at radius 3 is 2.50 bits per heavy atom. The van der Waals surface area contributed by atoms with Gasteiger partial charge in [-0.3, -0.25) is 0 Å². The minimum absolute atomic E-state index is 0.772. The summed E-state index contributed by atoms with van der Waals surface area (Å²) in [6, 6.07) is 0. The van der Waals surface area contributed by atoms with Crippen LogP contribution in [0.2, 0.25) is 0 Å². The van der Waals surface area contributed by atoms with Crippen molar-refractivity contribution in [1.82, 2.24) is 5.32 Å². The number of rotatable bonds is 5. The maximum Gasteiger partial charge on any atom is -0.00519 e. The second kappa shape index (κ2) is 3.38. The predicted octanol–water partition coefficient (Wildman–Crippen LogP) is 2.18. The zero-order valence-electron chi connectivity index (χ0n) is 7.24. The number of unbranched alkanes of at least 4 members (excludes halogenated alkanes) is 1. The molecule has 0 aliphatic heterocycles. The standard InChI is InChI=1S/C9H19N/c1-9(6-7-9)5-3-4-8-10-2/h10H,3-8H2,1-2H3. The van der Waals surface area contributed by atoms with Crippen LogP contribution in [0.5, 0.6) is 0 Å². The first-order valence-electron chi connectivity index (χ1n) is 4.41. The molecule has 0 unspecified atom stereocenters. The normalized spacial score (nSPS) is 21.0. The molecule has 1 rings (SSSR count). The SMILES string of the molecule is CNCCCCC1(C)CC1. The quantitative estimate of drug-likeness (QED) is 0.579. The third-order valence-corrected chi connectivity index (χ3v) is 2.56. The van der Waals surface area contributed by atoms with Gasteiger partial charge in [0.2, 0.25) is 0 Å². The molecule has 1 fully saturated rings. The molecule has 0 aromatic heterocycles. The van der Waals surface area contributed by atoms with Crippen molar-refractivity contribution in [1.29, 1.82) is 0 Å². The number of hydrogen-bond donors (Lipinski definition) is 1. The van der Waals surface area contributed by atoms with Crippen molar-refractivity contribution in [3.05, 3.63) is 0 Å². The summed E-state index contributed by atoms with van der Waals surface area (Å²) in [6.45, 7) is 3.60. The molecule has 1 N–H and O–H groups in total. The van der Waals surface area contributed by atoms with E-state index in [1.54, 1.807) is 0 Å². The molecular weight excluding hydrogens is 122 g/mol. The largest absolute Gasteiger partial charge is 0.320 e. The van der Waals surface area contributed by atoms with Gasteiger partial charge in [-0.05, 0) is 44.7 Å². The summed E-state index contributed by atoms with van der Waals surface area (Å²) in [6.07, 6.45) is 7.18. The van der Waals surface area contributed by atoms with E-state index in [2.05, 4.69) is 12.2 Å². The number of nitrogens with one attached hydrogen (secondary N) is 1. The van der Waals surface area contributed by atoms with E-state index in [0.29, 0.717) is 0 Å². The first kappa shape index (κ1) is 8.06. The Labute approximate surface area is 64.2 Å². The lowest BCUT2D eigenvalue weighted by Gasteiger charge is -2.06. The first-order valence-corrected chi connectivity index (χ1v) is 4.41. The van der Waals surface area contributed by atoms with Gasteiger partial charge < -0.3 is 5.32 Å². The van der Waals surface area contributed by atoms with E-state index < -0.39 is 0 Å². The molecule has 1 aliphatic rings. The maximum absolute atomic E-state index is 3.17. The van der Waals surface area contributed by atoms with Crippen LogP contribution >= 0.6 is 0 Å². The molecule has 0 bridgehead atoms. The van der Waals surface area contributed by atoms with Crippen LogP contribution in [0.3, 0.4) is 0 Å². The number of hydrogen-bond acceptors (Lipinski definition) is 1. The molecule has 0 aromatic rings. The van der Waals surface area contributed by atoms with Gasteiger partial charge in [-0.25, -0.2) is 0 Å². The van der Waals surface area contributed by atoms with Crippen LogP contribution in [0, 0.1) is 5.41 Å². The summed E-state index contributed by atoms with van der Waals surface area (Å²) in [5.41, 5.74) is 0.772. The molecule has 0 spiro atoms. The fraction of sp³-hybridized carbons (Fsp3) is 1.00. The third-order valence-electron chi connectivity index (χ3n) is 2.56. The summed E-state index contributed by atoms with van der Waals surface area (Å²) in [5, 5.41) is 3.17. The van der Waals surface area contributed by atoms with E-state index in [1.807, 2.05) is 7.05 Å². The highest BCUT2D eigenvalue weighted by molar-refractivity contribution is 4.87. The highest BCUT2D eigenvalue weighted by Crippen LogP contribution is 2.48. The Balaban J connectivity index is 1.86. The molecular formula is C9H19N. The van der Waals surface area contributed by atoms with Crippen LogP contribution in [-0.2, 0) is 0 Å². The van der Waals surface area contributed by atoms with Crippen LogP contribution in [0.1, 0.15) is 39.0 Å². The van der Waals surface area contributed by atoms with Crippen LogP contribution in [0.25, 0.3) is 0 Å². The van der Waals surface area contributed by atoms with E-state index in [9.17, 15) is 0 Å². The van der Waals surface area contributed by atoms with Gasteiger partial charge in [0.15, 0.2) is 0 Å². The Kier molecular flexibility index (Phi) is 2.72. The molecule has 1 nitrogen and oxygen atoms in total. The maximum atomic E-state index is 3.17. The van der Waals surface area contributed by atoms with Crippen molar-refractivity contribution in [2.45, 2.75) is 39.0 Å². The van der Waals surface area contributed by atoms with Gasteiger partial charge in [-0.15, -0.1) is 0 Å². The Morgan fingerprint density at radius 2 is 2.00 bits per heavy atom. The lowest BCUT2D eigenvalue weighted by Crippen LogP contribution is -2.07. The second-order valence-electron chi connectivity index (χ2n) is 3.87. The highest BCUT2D eigenvalue weighted by atomic mass is 14.8. The highest BCUT2D eigenvalue weighted by Gasteiger charge is 2.35. The van der Waals surface area contributed by atoms with E-state index in [4.69, 9.17) is 0 Å². The minimum Gasteiger partial charge on any atom is -0.320 e. The smallest absolute Gasteiger partial charge is 0.00519 e. The lowest BCUT2D eigenvalue weighted by molar-refractivity contribution is 0.478. The van der Waals surface area contributed by atoms with Crippen molar-refractivity contribution in [3.63, 3.8) is 0 Å². The summed E-state index contributed by atoms with van der Waals surface area (Å²) >= 11 is 0. The van der Waals surface area contributed by atoms with Crippen molar-refractivity contribution < 1.29 is 0 Å². The molecule has 0 radical (unpaired) electrons. The van der Waals surface area contributed by atoms with Gasteiger partial charge in [0.05, 0.1) is 0 Å². The average molecular weight is 141 g/mol. The molecule has 60 valence electrons. The van der Waals surface area contributed by atoms with E-state index in [1.165, 1.54) is 38.6 Å². The Hall–Kier alpha value is -0.0400. The molecule has 0 heterocycles. The minimum atomic E-state index is 0.772. The molecule has 10 heavy (non-hydrogen) atoms. The topological polar surface area (TPSA) is 12.0 Å². The predicted molar refractivity (Wildman–Crippen MR) is 45.1 cm³/mol. The summed E-state index contributed by atoms with van der Waals surface area (Å²) in [7, 11) is 2.03. The zero-order valence-corrected chi connectivity index (χ0v) is 7.24. The molecule has 1 saturated carbocycles. The van der Waals surface area contributed by atoms with E-state index in [0.717, 1.165) is 5.41 Å². The lowest BCUT2D eigenvalue weighted by atomic mass is 10.0. The van der Waals surface area contributed by atoms with Gasteiger partial charge >= 0.3 is 0 Å². The summed E-state index contributed by atoms with van der Waals surface area (Å²) in [4.78, 5) is 0. The third kappa shape index (κ3) is 2.70. The molecule has 0 amide bonds. The van der Waals surface area contributed by atoms with Crippen molar-refractivity contribution >= 4 is 0 Å². The fourth-order valence-corrected chi connectivity index (χ4v) is 1.32. The van der Waals surface area contributed by atoms with Crippen LogP contribution in [0.4, 0.5) is 0 Å². The Morgan fingerprint density at radius 1 is 1.30 bits per heavy atom.